The SMILES string of the molecule is Cc1ccc(NC(=O)c2cccc(NS(=O)(=O)c3ccc(F)c(Cl)c3)c2)cc1. The monoisotopic (exact) mass is 418 g/mol. The molecular formula is C20H16ClFN2O3S. The zero-order chi connectivity index (χ0) is 20.3. The van der Waals surface area contributed by atoms with Crippen LogP contribution < -0.4 is 10.0 Å². The summed E-state index contributed by atoms with van der Waals surface area (Å²) in [5.74, 6) is -1.09. The van der Waals surface area contributed by atoms with Gasteiger partial charge in [0.15, 0.2) is 0 Å². The lowest BCUT2D eigenvalue weighted by atomic mass is 10.2. The van der Waals surface area contributed by atoms with Crippen LogP contribution in [0.1, 0.15) is 15.9 Å². The van der Waals surface area contributed by atoms with E-state index < -0.39 is 15.8 Å². The number of halogens is 2. The summed E-state index contributed by atoms with van der Waals surface area (Å²) in [5.41, 5.74) is 2.16. The van der Waals surface area contributed by atoms with Gasteiger partial charge >= 0.3 is 0 Å². The predicted molar refractivity (Wildman–Crippen MR) is 108 cm³/mol. The highest BCUT2D eigenvalue weighted by Gasteiger charge is 2.17. The summed E-state index contributed by atoms with van der Waals surface area (Å²) in [4.78, 5) is 12.2. The van der Waals surface area contributed by atoms with Crippen molar-refractivity contribution in [3.63, 3.8) is 0 Å². The fourth-order valence-electron chi connectivity index (χ4n) is 2.42. The number of hydrogen-bond acceptors (Lipinski definition) is 3. The number of sulfonamides is 1. The topological polar surface area (TPSA) is 75.3 Å². The second-order valence-electron chi connectivity index (χ2n) is 6.08. The minimum atomic E-state index is -3.99. The Hall–Kier alpha value is -2.90. The summed E-state index contributed by atoms with van der Waals surface area (Å²) in [5, 5.41) is 2.45. The molecule has 0 aliphatic carbocycles. The maximum Gasteiger partial charge on any atom is 0.261 e. The van der Waals surface area contributed by atoms with Crippen molar-refractivity contribution >= 4 is 38.9 Å². The molecule has 2 N–H and O–H groups in total. The Bertz CT molecular complexity index is 1130. The molecule has 3 rings (SSSR count). The normalized spacial score (nSPS) is 11.1. The van der Waals surface area contributed by atoms with Crippen molar-refractivity contribution < 1.29 is 17.6 Å². The summed E-state index contributed by atoms with van der Waals surface area (Å²) in [6.07, 6.45) is 0. The molecule has 0 spiro atoms. The van der Waals surface area contributed by atoms with Crippen molar-refractivity contribution in [3.8, 4) is 0 Å². The van der Waals surface area contributed by atoms with E-state index in [2.05, 4.69) is 10.0 Å². The maximum absolute atomic E-state index is 13.3. The van der Waals surface area contributed by atoms with Gasteiger partial charge in [-0.2, -0.15) is 0 Å². The highest BCUT2D eigenvalue weighted by atomic mass is 35.5. The van der Waals surface area contributed by atoms with E-state index >= 15 is 0 Å². The lowest BCUT2D eigenvalue weighted by Gasteiger charge is -2.10. The fourth-order valence-corrected chi connectivity index (χ4v) is 3.74. The molecule has 0 aromatic heterocycles. The Morgan fingerprint density at radius 2 is 1.68 bits per heavy atom. The van der Waals surface area contributed by atoms with E-state index in [-0.39, 0.29) is 27.1 Å². The van der Waals surface area contributed by atoms with Crippen LogP contribution in [0.4, 0.5) is 15.8 Å². The van der Waals surface area contributed by atoms with Crippen molar-refractivity contribution in [2.45, 2.75) is 11.8 Å². The molecule has 0 unspecified atom stereocenters. The van der Waals surface area contributed by atoms with Crippen LogP contribution in [0.3, 0.4) is 0 Å². The van der Waals surface area contributed by atoms with Gasteiger partial charge in [0.1, 0.15) is 5.82 Å². The summed E-state index contributed by atoms with van der Waals surface area (Å²) >= 11 is 5.66. The molecule has 144 valence electrons. The molecular weight excluding hydrogens is 403 g/mol. The first-order valence-corrected chi connectivity index (χ1v) is 10.1. The van der Waals surface area contributed by atoms with Gasteiger partial charge in [-0.05, 0) is 55.5 Å². The van der Waals surface area contributed by atoms with Gasteiger partial charge < -0.3 is 5.32 Å². The zero-order valence-electron chi connectivity index (χ0n) is 14.7. The van der Waals surface area contributed by atoms with E-state index in [0.717, 1.165) is 23.8 Å². The van der Waals surface area contributed by atoms with E-state index in [0.29, 0.717) is 5.69 Å². The van der Waals surface area contributed by atoms with E-state index in [1.165, 1.54) is 12.1 Å². The van der Waals surface area contributed by atoms with Crippen LogP contribution in [0.2, 0.25) is 5.02 Å². The molecule has 0 heterocycles. The van der Waals surface area contributed by atoms with Crippen LogP contribution in [-0.2, 0) is 10.0 Å². The molecule has 0 saturated heterocycles. The molecule has 0 atom stereocenters. The second kappa shape index (κ2) is 8.00. The molecule has 0 aliphatic rings. The van der Waals surface area contributed by atoms with Crippen LogP contribution >= 0.6 is 11.6 Å². The van der Waals surface area contributed by atoms with E-state index in [4.69, 9.17) is 11.6 Å². The van der Waals surface area contributed by atoms with Gasteiger partial charge in [0.2, 0.25) is 0 Å². The number of anilines is 2. The van der Waals surface area contributed by atoms with Gasteiger partial charge in [-0.3, -0.25) is 9.52 Å². The Labute approximate surface area is 167 Å². The number of rotatable bonds is 5. The molecule has 5 nitrogen and oxygen atoms in total. The Morgan fingerprint density at radius 3 is 2.36 bits per heavy atom. The first-order chi connectivity index (χ1) is 13.2. The number of carbonyl (C=O) groups excluding carboxylic acids is 1. The third-order valence-corrected chi connectivity index (χ3v) is 5.56. The largest absolute Gasteiger partial charge is 0.322 e. The number of aryl methyl sites for hydroxylation is 1. The Balaban J connectivity index is 1.79. The molecule has 8 heteroatoms. The third-order valence-electron chi connectivity index (χ3n) is 3.89. The molecule has 0 bridgehead atoms. The van der Waals surface area contributed by atoms with Crippen LogP contribution in [0.25, 0.3) is 0 Å². The summed E-state index contributed by atoms with van der Waals surface area (Å²) in [7, 11) is -3.99. The molecule has 0 radical (unpaired) electrons. The van der Waals surface area contributed by atoms with Gasteiger partial charge in [-0.1, -0.05) is 35.4 Å². The molecule has 0 aliphatic heterocycles. The van der Waals surface area contributed by atoms with Crippen LogP contribution in [0, 0.1) is 12.7 Å². The predicted octanol–water partition coefficient (Wildman–Crippen LogP) is 4.84. The molecule has 3 aromatic rings. The van der Waals surface area contributed by atoms with Gasteiger partial charge in [0, 0.05) is 16.9 Å². The third kappa shape index (κ3) is 4.68. The minimum absolute atomic E-state index is 0.187. The van der Waals surface area contributed by atoms with Gasteiger partial charge in [-0.25, -0.2) is 12.8 Å². The lowest BCUT2D eigenvalue weighted by molar-refractivity contribution is 0.102. The average Bonchev–Trinajstić information content (AvgIpc) is 2.65. The standard InChI is InChI=1S/C20H16ClFN2O3S/c1-13-5-7-15(8-6-13)23-20(25)14-3-2-4-16(11-14)24-28(26,27)17-9-10-19(22)18(21)12-17/h2-12,24H,1H3,(H,23,25). The first-order valence-electron chi connectivity index (χ1n) is 8.20. The number of nitrogens with one attached hydrogen (secondary N) is 2. The average molecular weight is 419 g/mol. The van der Waals surface area contributed by atoms with Gasteiger partial charge in [0.05, 0.1) is 9.92 Å². The smallest absolute Gasteiger partial charge is 0.261 e. The molecule has 3 aromatic carbocycles. The number of hydrogen-bond donors (Lipinski definition) is 2. The van der Waals surface area contributed by atoms with Crippen LogP contribution in [-0.4, -0.2) is 14.3 Å². The summed E-state index contributed by atoms with van der Waals surface area (Å²) < 4.78 is 40.6. The second-order valence-corrected chi connectivity index (χ2v) is 8.17. The first kappa shape index (κ1) is 19.9. The summed E-state index contributed by atoms with van der Waals surface area (Å²) in [6.45, 7) is 1.94. The van der Waals surface area contributed by atoms with Crippen molar-refractivity contribution in [1.82, 2.24) is 0 Å². The van der Waals surface area contributed by atoms with Crippen LogP contribution in [0.5, 0.6) is 0 Å². The molecule has 0 fully saturated rings. The van der Waals surface area contributed by atoms with Gasteiger partial charge in [-0.15, -0.1) is 0 Å². The van der Waals surface area contributed by atoms with Crippen molar-refractivity contribution in [2.24, 2.45) is 0 Å². The highest BCUT2D eigenvalue weighted by molar-refractivity contribution is 7.92. The summed E-state index contributed by atoms with van der Waals surface area (Å²) in [6, 6.07) is 16.4. The highest BCUT2D eigenvalue weighted by Crippen LogP contribution is 2.22. The minimum Gasteiger partial charge on any atom is -0.322 e. The number of amides is 1. The number of carbonyl (C=O) groups is 1. The molecule has 1 amide bonds. The number of benzene rings is 3. The van der Waals surface area contributed by atoms with Crippen molar-refractivity contribution in [1.29, 1.82) is 0 Å². The molecule has 28 heavy (non-hydrogen) atoms. The van der Waals surface area contributed by atoms with E-state index in [1.54, 1.807) is 24.3 Å². The Kier molecular flexibility index (Phi) is 5.67. The van der Waals surface area contributed by atoms with Crippen molar-refractivity contribution in [3.05, 3.63) is 88.7 Å². The molecule has 0 saturated carbocycles. The Morgan fingerprint density at radius 1 is 0.964 bits per heavy atom. The van der Waals surface area contributed by atoms with Crippen LogP contribution in [0.15, 0.2) is 71.6 Å². The van der Waals surface area contributed by atoms with Crippen molar-refractivity contribution in [2.75, 3.05) is 10.0 Å². The zero-order valence-corrected chi connectivity index (χ0v) is 16.3. The quantitative estimate of drug-likeness (QED) is 0.622. The lowest BCUT2D eigenvalue weighted by Crippen LogP contribution is -2.15. The van der Waals surface area contributed by atoms with E-state index in [1.807, 2.05) is 19.1 Å². The van der Waals surface area contributed by atoms with E-state index in [9.17, 15) is 17.6 Å². The van der Waals surface area contributed by atoms with Gasteiger partial charge in [0.25, 0.3) is 15.9 Å². The fraction of sp³-hybridized carbons (Fsp3) is 0.0500. The maximum atomic E-state index is 13.3.